The molecule has 1 fully saturated rings. The van der Waals surface area contributed by atoms with Crippen molar-refractivity contribution < 1.29 is 13.9 Å². The molecular weight excluding hydrogens is 277 g/mol. The zero-order valence-electron chi connectivity index (χ0n) is 11.8. The Balaban J connectivity index is 2.20. The van der Waals surface area contributed by atoms with Gasteiger partial charge >= 0.3 is 5.97 Å². The number of benzene rings is 1. The number of thioether (sulfide) groups is 1. The zero-order chi connectivity index (χ0) is 14.7. The number of hydrogen-bond acceptors (Lipinski definition) is 4. The van der Waals surface area contributed by atoms with Crippen LogP contribution >= 0.6 is 11.8 Å². The molecule has 2 N–H and O–H groups in total. The molecule has 0 aromatic heterocycles. The molecule has 20 heavy (non-hydrogen) atoms. The van der Waals surface area contributed by atoms with Crippen molar-refractivity contribution in [2.24, 2.45) is 5.92 Å². The van der Waals surface area contributed by atoms with Gasteiger partial charge in [0.15, 0.2) is 0 Å². The molecule has 1 aliphatic carbocycles. The summed E-state index contributed by atoms with van der Waals surface area (Å²) in [5.74, 6) is -0.210. The number of hydrogen-bond donors (Lipinski definition) is 1. The lowest BCUT2D eigenvalue weighted by Gasteiger charge is -2.26. The van der Waals surface area contributed by atoms with Crippen LogP contribution in [0.15, 0.2) is 17.0 Å². The molecule has 1 aromatic rings. The molecule has 5 heteroatoms. The number of nitrogens with two attached hydrogens (primary N) is 1. The topological polar surface area (TPSA) is 52.3 Å². The number of ether oxygens (including phenoxy) is 1. The van der Waals surface area contributed by atoms with Crippen molar-refractivity contribution in [1.82, 2.24) is 0 Å². The first-order valence-corrected chi connectivity index (χ1v) is 7.73. The number of anilines is 1. The Hall–Kier alpha value is -1.23. The predicted molar refractivity (Wildman–Crippen MR) is 79.4 cm³/mol. The summed E-state index contributed by atoms with van der Waals surface area (Å²) >= 11 is 1.51. The third-order valence-electron chi connectivity index (χ3n) is 3.69. The molecule has 0 amide bonds. The minimum atomic E-state index is -0.527. The van der Waals surface area contributed by atoms with Gasteiger partial charge in [0.25, 0.3) is 0 Å². The molecule has 3 nitrogen and oxygen atoms in total. The van der Waals surface area contributed by atoms with Gasteiger partial charge in [0.2, 0.25) is 0 Å². The van der Waals surface area contributed by atoms with Gasteiger partial charge in [-0.25, -0.2) is 9.18 Å². The third kappa shape index (κ3) is 3.45. The Morgan fingerprint density at radius 1 is 1.45 bits per heavy atom. The second kappa shape index (κ2) is 6.48. The van der Waals surface area contributed by atoms with Gasteiger partial charge in [-0.3, -0.25) is 0 Å². The van der Waals surface area contributed by atoms with Crippen LogP contribution in [-0.4, -0.2) is 18.3 Å². The Bertz CT molecular complexity index is 507. The lowest BCUT2D eigenvalue weighted by atomic mass is 9.91. The lowest BCUT2D eigenvalue weighted by Crippen LogP contribution is -2.15. The van der Waals surface area contributed by atoms with E-state index in [2.05, 4.69) is 11.7 Å². The monoisotopic (exact) mass is 297 g/mol. The Morgan fingerprint density at radius 3 is 2.85 bits per heavy atom. The summed E-state index contributed by atoms with van der Waals surface area (Å²) in [5, 5.41) is 0.405. The summed E-state index contributed by atoms with van der Waals surface area (Å²) in [4.78, 5) is 12.1. The molecule has 0 saturated heterocycles. The number of halogens is 1. The highest BCUT2D eigenvalue weighted by atomic mass is 32.2. The maximum atomic E-state index is 14.0. The van der Waals surface area contributed by atoms with E-state index in [0.29, 0.717) is 16.1 Å². The standard InChI is InChI=1S/C15H20FNO2S/c1-9-4-3-5-10(6-9)20-14-7-11(15(18)19-2)13(17)8-12(14)16/h7-10H,3-6,17H2,1-2H3. The van der Waals surface area contributed by atoms with Crippen LogP contribution in [0.1, 0.15) is 43.0 Å². The molecule has 0 aliphatic heterocycles. The minimum absolute atomic E-state index is 0.121. The van der Waals surface area contributed by atoms with Crippen molar-refractivity contribution in [3.05, 3.63) is 23.5 Å². The number of nitrogen functional groups attached to an aromatic ring is 1. The van der Waals surface area contributed by atoms with Gasteiger partial charge in [-0.05, 0) is 30.9 Å². The van der Waals surface area contributed by atoms with E-state index in [1.165, 1.54) is 43.8 Å². The minimum Gasteiger partial charge on any atom is -0.465 e. The Morgan fingerprint density at radius 2 is 2.20 bits per heavy atom. The second-order valence-corrected chi connectivity index (χ2v) is 6.72. The van der Waals surface area contributed by atoms with Crippen LogP contribution in [0.2, 0.25) is 0 Å². The van der Waals surface area contributed by atoms with Crippen LogP contribution in [0, 0.1) is 11.7 Å². The first kappa shape index (κ1) is 15.2. The van der Waals surface area contributed by atoms with E-state index in [4.69, 9.17) is 5.73 Å². The summed E-state index contributed by atoms with van der Waals surface area (Å²) in [6.45, 7) is 2.23. The summed E-state index contributed by atoms with van der Waals surface area (Å²) in [6, 6.07) is 2.72. The molecule has 0 heterocycles. The average molecular weight is 297 g/mol. The fourth-order valence-corrected chi connectivity index (χ4v) is 4.04. The van der Waals surface area contributed by atoms with Crippen LogP contribution in [0.5, 0.6) is 0 Å². The normalized spacial score (nSPS) is 22.6. The highest BCUT2D eigenvalue weighted by Crippen LogP contribution is 2.38. The molecule has 0 spiro atoms. The zero-order valence-corrected chi connectivity index (χ0v) is 12.6. The van der Waals surface area contributed by atoms with Crippen molar-refractivity contribution in [3.63, 3.8) is 0 Å². The smallest absolute Gasteiger partial charge is 0.339 e. The predicted octanol–water partition coefficient (Wildman–Crippen LogP) is 3.87. The number of esters is 1. The van der Waals surface area contributed by atoms with Crippen LogP contribution in [-0.2, 0) is 4.74 Å². The van der Waals surface area contributed by atoms with Crippen molar-refractivity contribution in [2.75, 3.05) is 12.8 Å². The first-order valence-electron chi connectivity index (χ1n) is 6.85. The first-order chi connectivity index (χ1) is 9.51. The summed E-state index contributed by atoms with van der Waals surface area (Å²) < 4.78 is 18.7. The molecule has 1 saturated carbocycles. The SMILES string of the molecule is COC(=O)c1cc(SC2CCCC(C)C2)c(F)cc1N. The van der Waals surface area contributed by atoms with Gasteiger partial charge < -0.3 is 10.5 Å². The second-order valence-electron chi connectivity index (χ2n) is 5.37. The van der Waals surface area contributed by atoms with Gasteiger partial charge in [-0.1, -0.05) is 19.8 Å². The van der Waals surface area contributed by atoms with Crippen LogP contribution in [0.25, 0.3) is 0 Å². The van der Waals surface area contributed by atoms with Gasteiger partial charge in [0.1, 0.15) is 5.82 Å². The van der Waals surface area contributed by atoms with E-state index in [9.17, 15) is 9.18 Å². The molecule has 0 bridgehead atoms. The van der Waals surface area contributed by atoms with Gasteiger partial charge in [0.05, 0.1) is 12.7 Å². The molecule has 1 aromatic carbocycles. The molecular formula is C15H20FNO2S. The average Bonchev–Trinajstić information content (AvgIpc) is 2.41. The van der Waals surface area contributed by atoms with Crippen LogP contribution in [0.4, 0.5) is 10.1 Å². The quantitative estimate of drug-likeness (QED) is 0.680. The van der Waals surface area contributed by atoms with Crippen LogP contribution in [0.3, 0.4) is 0 Å². The van der Waals surface area contributed by atoms with Crippen LogP contribution < -0.4 is 5.73 Å². The number of rotatable bonds is 3. The summed E-state index contributed by atoms with van der Waals surface area (Å²) in [5.41, 5.74) is 6.03. The molecule has 2 atom stereocenters. The maximum absolute atomic E-state index is 14.0. The van der Waals surface area contributed by atoms with E-state index < -0.39 is 5.97 Å². The largest absolute Gasteiger partial charge is 0.465 e. The molecule has 110 valence electrons. The van der Waals surface area contributed by atoms with Gasteiger partial charge in [0, 0.05) is 15.8 Å². The van der Waals surface area contributed by atoms with Crippen molar-refractivity contribution in [1.29, 1.82) is 0 Å². The maximum Gasteiger partial charge on any atom is 0.339 e. The molecule has 2 rings (SSSR count). The fraction of sp³-hybridized carbons (Fsp3) is 0.533. The van der Waals surface area contributed by atoms with E-state index in [-0.39, 0.29) is 17.1 Å². The van der Waals surface area contributed by atoms with E-state index >= 15 is 0 Å². The number of methoxy groups -OCH3 is 1. The molecule has 1 aliphatic rings. The molecule has 0 radical (unpaired) electrons. The van der Waals surface area contributed by atoms with Crippen molar-refractivity contribution in [2.45, 2.75) is 42.8 Å². The van der Waals surface area contributed by atoms with E-state index in [1.807, 2.05) is 0 Å². The number of carbonyl (C=O) groups excluding carboxylic acids is 1. The van der Waals surface area contributed by atoms with Gasteiger partial charge in [-0.2, -0.15) is 0 Å². The highest BCUT2D eigenvalue weighted by Gasteiger charge is 2.22. The number of carbonyl (C=O) groups is 1. The van der Waals surface area contributed by atoms with E-state index in [0.717, 1.165) is 12.8 Å². The van der Waals surface area contributed by atoms with Crippen molar-refractivity contribution in [3.8, 4) is 0 Å². The summed E-state index contributed by atoms with van der Waals surface area (Å²) in [7, 11) is 1.29. The van der Waals surface area contributed by atoms with Gasteiger partial charge in [-0.15, -0.1) is 11.8 Å². The highest BCUT2D eigenvalue weighted by molar-refractivity contribution is 8.00. The van der Waals surface area contributed by atoms with Crippen molar-refractivity contribution >= 4 is 23.4 Å². The third-order valence-corrected chi connectivity index (χ3v) is 5.02. The fourth-order valence-electron chi connectivity index (χ4n) is 2.61. The summed E-state index contributed by atoms with van der Waals surface area (Å²) in [6.07, 6.45) is 4.60. The Labute approximate surface area is 123 Å². The van der Waals surface area contributed by atoms with E-state index in [1.54, 1.807) is 0 Å². The molecule has 2 unspecified atom stereocenters. The Kier molecular flexibility index (Phi) is 4.91. The lowest BCUT2D eigenvalue weighted by molar-refractivity contribution is 0.0601.